The minimum Gasteiger partial charge on any atom is -0.453 e. The van der Waals surface area contributed by atoms with E-state index in [9.17, 15) is 14.4 Å². The van der Waals surface area contributed by atoms with Crippen LogP contribution in [-0.2, 0) is 14.3 Å². The predicted molar refractivity (Wildman–Crippen MR) is 101 cm³/mol. The molecule has 2 rings (SSSR count). The number of amides is 1. The molecule has 0 aliphatic rings. The zero-order valence-corrected chi connectivity index (χ0v) is 15.5. The van der Waals surface area contributed by atoms with Crippen LogP contribution in [0.3, 0.4) is 0 Å². The fourth-order valence-electron chi connectivity index (χ4n) is 2.12. The van der Waals surface area contributed by atoms with Crippen molar-refractivity contribution in [3.63, 3.8) is 0 Å². The summed E-state index contributed by atoms with van der Waals surface area (Å²) in [5.41, 5.74) is 0.855. The van der Waals surface area contributed by atoms with Crippen molar-refractivity contribution >= 4 is 46.5 Å². The van der Waals surface area contributed by atoms with Crippen LogP contribution in [0, 0.1) is 0 Å². The molecule has 0 fully saturated rings. The van der Waals surface area contributed by atoms with Gasteiger partial charge < -0.3 is 10.1 Å². The molecule has 136 valence electrons. The average molecular weight is 394 g/mol. The van der Waals surface area contributed by atoms with Crippen molar-refractivity contribution in [3.05, 3.63) is 64.1 Å². The Morgan fingerprint density at radius 3 is 2.42 bits per heavy atom. The molecule has 1 N–H and O–H groups in total. The van der Waals surface area contributed by atoms with Crippen LogP contribution in [-0.4, -0.2) is 23.8 Å². The minimum atomic E-state index is -1.04. The maximum Gasteiger partial charge on any atom is 0.307 e. The SMILES string of the molecule is CC(OC(=O)CCC(=O)c1ccccc1)C(=O)Nc1cc(Cl)ccc1Cl. The molecule has 0 radical (unpaired) electrons. The van der Waals surface area contributed by atoms with E-state index in [2.05, 4.69) is 5.32 Å². The van der Waals surface area contributed by atoms with Gasteiger partial charge in [-0.2, -0.15) is 0 Å². The fourth-order valence-corrected chi connectivity index (χ4v) is 2.46. The van der Waals surface area contributed by atoms with Gasteiger partial charge in [0.05, 0.1) is 17.1 Å². The molecule has 0 aromatic heterocycles. The Morgan fingerprint density at radius 1 is 1.04 bits per heavy atom. The highest BCUT2D eigenvalue weighted by Gasteiger charge is 2.19. The molecule has 0 bridgehead atoms. The van der Waals surface area contributed by atoms with Crippen molar-refractivity contribution in [1.82, 2.24) is 0 Å². The van der Waals surface area contributed by atoms with Gasteiger partial charge in [0.15, 0.2) is 11.9 Å². The third kappa shape index (κ3) is 5.86. The lowest BCUT2D eigenvalue weighted by Crippen LogP contribution is -2.30. The van der Waals surface area contributed by atoms with E-state index in [1.165, 1.54) is 13.0 Å². The average Bonchev–Trinajstić information content (AvgIpc) is 2.63. The summed E-state index contributed by atoms with van der Waals surface area (Å²) in [4.78, 5) is 35.9. The Morgan fingerprint density at radius 2 is 1.73 bits per heavy atom. The monoisotopic (exact) mass is 393 g/mol. The van der Waals surface area contributed by atoms with Gasteiger partial charge >= 0.3 is 5.97 Å². The van der Waals surface area contributed by atoms with E-state index >= 15 is 0 Å². The molecule has 1 unspecified atom stereocenters. The molecule has 0 spiro atoms. The van der Waals surface area contributed by atoms with E-state index in [1.54, 1.807) is 42.5 Å². The second kappa shape index (κ2) is 9.36. The predicted octanol–water partition coefficient (Wildman–Crippen LogP) is 4.53. The Kier molecular flexibility index (Phi) is 7.18. The van der Waals surface area contributed by atoms with E-state index in [1.807, 2.05) is 0 Å². The standard InChI is InChI=1S/C19H17Cl2NO4/c1-12(19(25)22-16-11-14(20)7-8-15(16)21)26-18(24)10-9-17(23)13-5-3-2-4-6-13/h2-8,11-12H,9-10H2,1H3,(H,22,25). The molecule has 1 amide bonds. The molecule has 2 aromatic rings. The highest BCUT2D eigenvalue weighted by molar-refractivity contribution is 6.35. The van der Waals surface area contributed by atoms with Crippen molar-refractivity contribution in [1.29, 1.82) is 0 Å². The number of ketones is 1. The first-order valence-corrected chi connectivity index (χ1v) is 8.66. The Bertz CT molecular complexity index is 808. The van der Waals surface area contributed by atoms with Gasteiger partial charge in [-0.15, -0.1) is 0 Å². The number of Topliss-reactive ketones (excluding diaryl/α,β-unsaturated/α-hetero) is 1. The van der Waals surface area contributed by atoms with Crippen LogP contribution in [0.5, 0.6) is 0 Å². The van der Waals surface area contributed by atoms with Crippen molar-refractivity contribution < 1.29 is 19.1 Å². The number of carbonyl (C=O) groups is 3. The number of carbonyl (C=O) groups excluding carboxylic acids is 3. The molecule has 0 saturated heterocycles. The second-order valence-electron chi connectivity index (χ2n) is 5.53. The van der Waals surface area contributed by atoms with Crippen molar-refractivity contribution in [2.75, 3.05) is 5.32 Å². The van der Waals surface area contributed by atoms with Crippen LogP contribution in [0.1, 0.15) is 30.1 Å². The maximum absolute atomic E-state index is 12.1. The second-order valence-corrected chi connectivity index (χ2v) is 6.38. The van der Waals surface area contributed by atoms with Crippen molar-refractivity contribution in [3.8, 4) is 0 Å². The molecular weight excluding hydrogens is 377 g/mol. The Labute approximate surface area is 161 Å². The summed E-state index contributed by atoms with van der Waals surface area (Å²) < 4.78 is 5.06. The molecule has 26 heavy (non-hydrogen) atoms. The molecular formula is C19H17Cl2NO4. The largest absolute Gasteiger partial charge is 0.453 e. The van der Waals surface area contributed by atoms with Crippen LogP contribution < -0.4 is 5.32 Å². The quantitative estimate of drug-likeness (QED) is 0.553. The van der Waals surface area contributed by atoms with Crippen molar-refractivity contribution in [2.24, 2.45) is 0 Å². The van der Waals surface area contributed by atoms with E-state index in [4.69, 9.17) is 27.9 Å². The number of halogens is 2. The van der Waals surface area contributed by atoms with Gasteiger partial charge in [0.2, 0.25) is 0 Å². The van der Waals surface area contributed by atoms with E-state index in [0.717, 1.165) is 0 Å². The minimum absolute atomic E-state index is 0.0112. The number of rotatable bonds is 7. The number of esters is 1. The van der Waals surface area contributed by atoms with Crippen LogP contribution >= 0.6 is 23.2 Å². The number of anilines is 1. The summed E-state index contributed by atoms with van der Waals surface area (Å²) in [5.74, 6) is -1.34. The molecule has 1 atom stereocenters. The number of hydrogen-bond donors (Lipinski definition) is 1. The molecule has 0 heterocycles. The zero-order valence-electron chi connectivity index (χ0n) is 14.0. The lowest BCUT2D eigenvalue weighted by atomic mass is 10.1. The van der Waals surface area contributed by atoms with E-state index in [0.29, 0.717) is 21.3 Å². The zero-order chi connectivity index (χ0) is 19.1. The summed E-state index contributed by atoms with van der Waals surface area (Å²) in [6.07, 6.45) is -1.13. The maximum atomic E-state index is 12.1. The van der Waals surface area contributed by atoms with Crippen LogP contribution in [0.4, 0.5) is 5.69 Å². The first-order chi connectivity index (χ1) is 12.4. The van der Waals surface area contributed by atoms with Gasteiger partial charge in [-0.1, -0.05) is 53.5 Å². The van der Waals surface area contributed by atoms with Crippen LogP contribution in [0.2, 0.25) is 10.0 Å². The van der Waals surface area contributed by atoms with Gasteiger partial charge in [0, 0.05) is 17.0 Å². The number of hydrogen-bond acceptors (Lipinski definition) is 4. The highest BCUT2D eigenvalue weighted by Crippen LogP contribution is 2.25. The lowest BCUT2D eigenvalue weighted by molar-refractivity contribution is -0.153. The summed E-state index contributed by atoms with van der Waals surface area (Å²) >= 11 is 11.8. The Balaban J connectivity index is 1.83. The summed E-state index contributed by atoms with van der Waals surface area (Å²) in [6.45, 7) is 1.44. The first-order valence-electron chi connectivity index (χ1n) is 7.90. The van der Waals surface area contributed by atoms with Crippen LogP contribution in [0.25, 0.3) is 0 Å². The smallest absolute Gasteiger partial charge is 0.307 e. The third-order valence-corrected chi connectivity index (χ3v) is 4.08. The number of benzene rings is 2. The van der Waals surface area contributed by atoms with Gasteiger partial charge in [-0.3, -0.25) is 14.4 Å². The third-order valence-electron chi connectivity index (χ3n) is 3.52. The molecule has 0 aliphatic carbocycles. The van der Waals surface area contributed by atoms with Gasteiger partial charge in [-0.25, -0.2) is 0 Å². The summed E-state index contributed by atoms with van der Waals surface area (Å²) in [6, 6.07) is 13.3. The molecule has 2 aromatic carbocycles. The topological polar surface area (TPSA) is 72.5 Å². The van der Waals surface area contributed by atoms with Gasteiger partial charge in [0.25, 0.3) is 5.91 Å². The normalized spacial score (nSPS) is 11.5. The van der Waals surface area contributed by atoms with E-state index in [-0.39, 0.29) is 18.6 Å². The Hall–Kier alpha value is -2.37. The summed E-state index contributed by atoms with van der Waals surface area (Å²) in [7, 11) is 0. The van der Waals surface area contributed by atoms with Crippen molar-refractivity contribution in [2.45, 2.75) is 25.9 Å². The van der Waals surface area contributed by atoms with Crippen LogP contribution in [0.15, 0.2) is 48.5 Å². The van der Waals surface area contributed by atoms with Gasteiger partial charge in [0.1, 0.15) is 0 Å². The summed E-state index contributed by atoms with van der Waals surface area (Å²) in [5, 5.41) is 3.27. The fraction of sp³-hybridized carbons (Fsp3) is 0.211. The lowest BCUT2D eigenvalue weighted by Gasteiger charge is -2.14. The number of nitrogens with one attached hydrogen (secondary N) is 1. The molecule has 7 heteroatoms. The van der Waals surface area contributed by atoms with E-state index < -0.39 is 18.0 Å². The number of ether oxygens (including phenoxy) is 1. The molecule has 0 saturated carbocycles. The van der Waals surface area contributed by atoms with Gasteiger partial charge in [-0.05, 0) is 25.1 Å². The highest BCUT2D eigenvalue weighted by atomic mass is 35.5. The molecule has 0 aliphatic heterocycles. The molecule has 5 nitrogen and oxygen atoms in total. The first kappa shape index (κ1) is 19.9.